The number of ether oxygens (including phenoxy) is 2. The van der Waals surface area contributed by atoms with Crippen molar-refractivity contribution in [1.82, 2.24) is 9.88 Å². The predicted molar refractivity (Wildman–Crippen MR) is 113 cm³/mol. The largest absolute Gasteiger partial charge is 0.461 e. The summed E-state index contributed by atoms with van der Waals surface area (Å²) in [5.74, 6) is -0.453. The van der Waals surface area contributed by atoms with E-state index in [2.05, 4.69) is 26.2 Å². The lowest BCUT2D eigenvalue weighted by Crippen LogP contribution is -2.35. The number of halogens is 1. The number of rotatable bonds is 10. The molecule has 2 amide bonds. The number of carbonyl (C=O) groups is 2. The summed E-state index contributed by atoms with van der Waals surface area (Å²) >= 11 is 4.76. The van der Waals surface area contributed by atoms with Gasteiger partial charge < -0.3 is 19.7 Å². The van der Waals surface area contributed by atoms with Crippen molar-refractivity contribution in [2.75, 3.05) is 31.7 Å². The highest BCUT2D eigenvalue weighted by Crippen LogP contribution is 2.22. The number of carbonyl (C=O) groups excluding carboxylic acids is 2. The van der Waals surface area contributed by atoms with E-state index < -0.39 is 5.97 Å². The Bertz CT molecular complexity index is 784. The van der Waals surface area contributed by atoms with Crippen LogP contribution in [0.25, 0.3) is 0 Å². The molecule has 0 unspecified atom stereocenters. The first-order valence-electron chi connectivity index (χ1n) is 9.04. The highest BCUT2D eigenvalue weighted by Gasteiger charge is 2.18. The minimum Gasteiger partial charge on any atom is -0.461 e. The number of anilines is 1. The van der Waals surface area contributed by atoms with Gasteiger partial charge in [-0.05, 0) is 48.3 Å². The van der Waals surface area contributed by atoms with Crippen LogP contribution in [0.4, 0.5) is 10.5 Å². The monoisotopic (exact) mass is 469 g/mol. The average Bonchev–Trinajstić information content (AvgIpc) is 3.15. The smallest absolute Gasteiger partial charge is 0.357 e. The van der Waals surface area contributed by atoms with Gasteiger partial charge in [0.25, 0.3) is 0 Å². The van der Waals surface area contributed by atoms with Crippen molar-refractivity contribution < 1.29 is 19.1 Å². The molecule has 28 heavy (non-hydrogen) atoms. The molecule has 0 fully saturated rings. The van der Waals surface area contributed by atoms with Gasteiger partial charge in [0.1, 0.15) is 5.01 Å². The number of hydrogen-bond donors (Lipinski definition) is 1. The summed E-state index contributed by atoms with van der Waals surface area (Å²) in [6.07, 6.45) is 0.702. The van der Waals surface area contributed by atoms with Crippen LogP contribution in [0.15, 0.2) is 34.1 Å². The fraction of sp³-hybridized carbons (Fsp3) is 0.421. The fourth-order valence-corrected chi connectivity index (χ4v) is 3.52. The van der Waals surface area contributed by atoms with Gasteiger partial charge in [-0.15, -0.1) is 11.3 Å². The Hall–Kier alpha value is -1.97. The van der Waals surface area contributed by atoms with Crippen molar-refractivity contribution in [3.8, 4) is 0 Å². The molecule has 0 aliphatic heterocycles. The number of hydrogen-bond acceptors (Lipinski definition) is 6. The Kier molecular flexibility index (Phi) is 9.39. The Labute approximate surface area is 177 Å². The molecule has 0 aliphatic carbocycles. The summed E-state index contributed by atoms with van der Waals surface area (Å²) in [6.45, 7) is 5.99. The highest BCUT2D eigenvalue weighted by atomic mass is 79.9. The molecular formula is C19H24BrN3O4S. The van der Waals surface area contributed by atoms with E-state index in [1.165, 1.54) is 11.3 Å². The van der Waals surface area contributed by atoms with E-state index in [1.54, 1.807) is 17.2 Å². The van der Waals surface area contributed by atoms with E-state index in [4.69, 9.17) is 9.47 Å². The molecule has 0 atom stereocenters. The van der Waals surface area contributed by atoms with E-state index >= 15 is 0 Å². The summed E-state index contributed by atoms with van der Waals surface area (Å²) in [6, 6.07) is 7.18. The lowest BCUT2D eigenvalue weighted by molar-refractivity contribution is 0.0520. The molecule has 2 rings (SSSR count). The second kappa shape index (κ2) is 11.8. The Balaban J connectivity index is 2.06. The van der Waals surface area contributed by atoms with Gasteiger partial charge in [0.05, 0.1) is 18.8 Å². The Morgan fingerprint density at radius 1 is 1.25 bits per heavy atom. The predicted octanol–water partition coefficient (Wildman–Crippen LogP) is 4.54. The fourth-order valence-electron chi connectivity index (χ4n) is 2.36. The molecule has 1 heterocycles. The topological polar surface area (TPSA) is 80.8 Å². The van der Waals surface area contributed by atoms with E-state index in [1.807, 2.05) is 31.2 Å². The van der Waals surface area contributed by atoms with Crippen molar-refractivity contribution in [2.45, 2.75) is 26.8 Å². The quantitative estimate of drug-likeness (QED) is 0.407. The van der Waals surface area contributed by atoms with Crippen molar-refractivity contribution >= 4 is 45.0 Å². The van der Waals surface area contributed by atoms with Crippen LogP contribution in [0.1, 0.15) is 35.8 Å². The molecule has 152 valence electrons. The number of urea groups is 1. The van der Waals surface area contributed by atoms with Crippen LogP contribution < -0.4 is 5.32 Å². The first-order valence-corrected chi connectivity index (χ1v) is 10.7. The Morgan fingerprint density at radius 3 is 2.75 bits per heavy atom. The number of thiazole rings is 1. The number of nitrogens with zero attached hydrogens (tertiary/aromatic N) is 2. The molecule has 1 aromatic carbocycles. The van der Waals surface area contributed by atoms with E-state index in [0.717, 1.165) is 4.47 Å². The lowest BCUT2D eigenvalue weighted by atomic mass is 10.3. The third kappa shape index (κ3) is 6.88. The summed E-state index contributed by atoms with van der Waals surface area (Å²) in [7, 11) is 0. The third-order valence-corrected chi connectivity index (χ3v) is 5.21. The number of amides is 2. The van der Waals surface area contributed by atoms with Gasteiger partial charge >= 0.3 is 12.0 Å². The van der Waals surface area contributed by atoms with Crippen LogP contribution in [0.3, 0.4) is 0 Å². The summed E-state index contributed by atoms with van der Waals surface area (Å²) in [5, 5.41) is 5.22. The average molecular weight is 470 g/mol. The number of esters is 1. The van der Waals surface area contributed by atoms with Gasteiger partial charge in [-0.2, -0.15) is 0 Å². The van der Waals surface area contributed by atoms with Crippen LogP contribution in [0.2, 0.25) is 0 Å². The van der Waals surface area contributed by atoms with Crippen molar-refractivity contribution in [3.05, 3.63) is 44.8 Å². The zero-order valence-electron chi connectivity index (χ0n) is 15.9. The number of nitrogens with one attached hydrogen (secondary N) is 1. The minimum atomic E-state index is -0.453. The van der Waals surface area contributed by atoms with Crippen molar-refractivity contribution in [3.63, 3.8) is 0 Å². The molecular weight excluding hydrogens is 446 g/mol. The summed E-state index contributed by atoms with van der Waals surface area (Å²) in [5.41, 5.74) is 0.955. The van der Waals surface area contributed by atoms with Gasteiger partial charge in [-0.25, -0.2) is 14.6 Å². The molecule has 0 bridgehead atoms. The molecule has 0 saturated heterocycles. The van der Waals surface area contributed by atoms with Gasteiger partial charge in [-0.3, -0.25) is 0 Å². The van der Waals surface area contributed by atoms with Gasteiger partial charge in [0.15, 0.2) is 5.69 Å². The van der Waals surface area contributed by atoms with E-state index in [9.17, 15) is 9.59 Å². The van der Waals surface area contributed by atoms with Crippen LogP contribution in [0, 0.1) is 0 Å². The van der Waals surface area contributed by atoms with Crippen molar-refractivity contribution in [2.24, 2.45) is 0 Å². The molecule has 9 heteroatoms. The van der Waals surface area contributed by atoms with Gasteiger partial charge in [0.2, 0.25) is 0 Å². The van der Waals surface area contributed by atoms with E-state index in [0.29, 0.717) is 50.0 Å². The van der Waals surface area contributed by atoms with E-state index in [-0.39, 0.29) is 11.7 Å². The molecule has 7 nitrogen and oxygen atoms in total. The molecule has 0 spiro atoms. The SMILES string of the molecule is CCOCCCN(Cc1nc(C(=O)OCC)cs1)C(=O)Nc1ccccc1Br. The maximum atomic E-state index is 12.8. The third-order valence-electron chi connectivity index (χ3n) is 3.69. The minimum absolute atomic E-state index is 0.240. The second-order valence-corrected chi connectivity index (χ2v) is 7.53. The van der Waals surface area contributed by atoms with Crippen molar-refractivity contribution in [1.29, 1.82) is 0 Å². The zero-order valence-corrected chi connectivity index (χ0v) is 18.3. The molecule has 2 aromatic rings. The normalized spacial score (nSPS) is 10.5. The van der Waals surface area contributed by atoms with Crippen LogP contribution in [-0.2, 0) is 16.0 Å². The lowest BCUT2D eigenvalue weighted by Gasteiger charge is -2.22. The number of para-hydroxylation sites is 1. The van der Waals surface area contributed by atoms with Crippen LogP contribution >= 0.6 is 27.3 Å². The first-order chi connectivity index (χ1) is 13.5. The number of benzene rings is 1. The molecule has 1 N–H and O–H groups in total. The summed E-state index contributed by atoms with van der Waals surface area (Å²) < 4.78 is 11.1. The maximum Gasteiger partial charge on any atom is 0.357 e. The van der Waals surface area contributed by atoms with Gasteiger partial charge in [-0.1, -0.05) is 12.1 Å². The highest BCUT2D eigenvalue weighted by molar-refractivity contribution is 9.10. The molecule has 0 radical (unpaired) electrons. The molecule has 0 saturated carbocycles. The zero-order chi connectivity index (χ0) is 20.4. The molecule has 0 aliphatic rings. The molecule has 1 aromatic heterocycles. The number of aromatic nitrogens is 1. The van der Waals surface area contributed by atoms with Gasteiger partial charge in [0, 0.05) is 29.6 Å². The second-order valence-electron chi connectivity index (χ2n) is 5.73. The van der Waals surface area contributed by atoms with Crippen LogP contribution in [0.5, 0.6) is 0 Å². The maximum absolute atomic E-state index is 12.8. The standard InChI is InChI=1S/C19H24BrN3O4S/c1-3-26-11-7-10-23(19(25)22-15-9-6-5-8-14(15)20)12-17-21-16(13-28-17)18(24)27-4-2/h5-6,8-9,13H,3-4,7,10-12H2,1-2H3,(H,22,25). The van der Waals surface area contributed by atoms with Crippen LogP contribution in [-0.4, -0.2) is 48.2 Å². The first kappa shape index (κ1) is 22.3. The Morgan fingerprint density at radius 2 is 2.04 bits per heavy atom. The summed E-state index contributed by atoms with van der Waals surface area (Å²) in [4.78, 5) is 30.6.